The molecule has 5 heteroatoms. The van der Waals surface area contributed by atoms with Crippen LogP contribution in [0.4, 0.5) is 0 Å². The van der Waals surface area contributed by atoms with Crippen LogP contribution in [0.1, 0.15) is 63.7 Å². The Hall–Kier alpha value is -1.95. The second-order valence-electron chi connectivity index (χ2n) is 10.2. The molecular formula is C27H41NO3Si. The number of hydrogen-bond donors (Lipinski definition) is 0. The zero-order valence-electron chi connectivity index (χ0n) is 21.2. The van der Waals surface area contributed by atoms with Crippen LogP contribution in [0.3, 0.4) is 0 Å². The molecule has 0 aliphatic rings. The number of rotatable bonds is 10. The van der Waals surface area contributed by atoms with E-state index in [-0.39, 0.29) is 17.0 Å². The van der Waals surface area contributed by atoms with Crippen molar-refractivity contribution in [2.24, 2.45) is 0 Å². The van der Waals surface area contributed by atoms with E-state index in [2.05, 4.69) is 89.3 Å². The Morgan fingerprint density at radius 2 is 1.50 bits per heavy atom. The highest BCUT2D eigenvalue weighted by atomic mass is 28.4. The van der Waals surface area contributed by atoms with Crippen molar-refractivity contribution in [1.82, 2.24) is 5.06 Å². The molecule has 1 atom stereocenters. The first-order valence-electron chi connectivity index (χ1n) is 11.6. The Bertz CT molecular complexity index is 854. The second-order valence-corrected chi connectivity index (χ2v) is 14.9. The molecule has 0 radical (unpaired) electrons. The molecule has 0 saturated heterocycles. The standard InChI is InChI=1S/C27H41NO3Si/c1-21-13-15-22(16-14-21)23-17-19-24(20-18-23)25(31-32(7,8)27(2,3)4)11-9-10-12-26(29)28(5)30-6/h13-20,25H,9-12H2,1-8H3. The molecule has 32 heavy (non-hydrogen) atoms. The maximum Gasteiger partial charge on any atom is 0.245 e. The van der Waals surface area contributed by atoms with Crippen molar-refractivity contribution in [3.63, 3.8) is 0 Å². The molecule has 2 aromatic rings. The fraction of sp³-hybridized carbons (Fsp3) is 0.519. The number of hydrogen-bond acceptors (Lipinski definition) is 3. The van der Waals surface area contributed by atoms with E-state index in [0.29, 0.717) is 6.42 Å². The average molecular weight is 456 g/mol. The smallest absolute Gasteiger partial charge is 0.245 e. The third-order valence-electron chi connectivity index (χ3n) is 6.64. The van der Waals surface area contributed by atoms with Gasteiger partial charge in [-0.3, -0.25) is 9.63 Å². The molecule has 1 amide bonds. The predicted molar refractivity (Wildman–Crippen MR) is 136 cm³/mol. The molecule has 2 aromatic carbocycles. The van der Waals surface area contributed by atoms with E-state index in [1.807, 2.05) is 0 Å². The summed E-state index contributed by atoms with van der Waals surface area (Å²) in [4.78, 5) is 17.0. The molecule has 0 fully saturated rings. The summed E-state index contributed by atoms with van der Waals surface area (Å²) in [5.41, 5.74) is 4.92. The van der Waals surface area contributed by atoms with Crippen LogP contribution in [0, 0.1) is 6.92 Å². The Balaban J connectivity index is 2.14. The number of nitrogens with zero attached hydrogens (tertiary/aromatic N) is 1. The van der Waals surface area contributed by atoms with E-state index in [0.717, 1.165) is 19.3 Å². The molecule has 0 N–H and O–H groups in total. The first-order valence-corrected chi connectivity index (χ1v) is 14.5. The Morgan fingerprint density at radius 1 is 0.969 bits per heavy atom. The lowest BCUT2D eigenvalue weighted by Crippen LogP contribution is -2.41. The van der Waals surface area contributed by atoms with Crippen LogP contribution in [0.5, 0.6) is 0 Å². The average Bonchev–Trinajstić information content (AvgIpc) is 2.75. The lowest BCUT2D eigenvalue weighted by atomic mass is 9.98. The number of amides is 1. The van der Waals surface area contributed by atoms with Crippen LogP contribution in [-0.2, 0) is 14.1 Å². The van der Waals surface area contributed by atoms with Crippen molar-refractivity contribution in [2.75, 3.05) is 14.2 Å². The van der Waals surface area contributed by atoms with Gasteiger partial charge in [0.25, 0.3) is 0 Å². The van der Waals surface area contributed by atoms with Gasteiger partial charge < -0.3 is 4.43 Å². The van der Waals surface area contributed by atoms with Crippen LogP contribution >= 0.6 is 0 Å². The summed E-state index contributed by atoms with van der Waals surface area (Å²) in [6.45, 7) is 13.5. The summed E-state index contributed by atoms with van der Waals surface area (Å²) in [5, 5.41) is 1.44. The second kappa shape index (κ2) is 11.3. The van der Waals surface area contributed by atoms with Gasteiger partial charge >= 0.3 is 0 Å². The lowest BCUT2D eigenvalue weighted by Gasteiger charge is -2.39. The van der Waals surface area contributed by atoms with Gasteiger partial charge in [-0.05, 0) is 54.6 Å². The monoisotopic (exact) mass is 455 g/mol. The Morgan fingerprint density at radius 3 is 2.00 bits per heavy atom. The van der Waals surface area contributed by atoms with Gasteiger partial charge in [-0.2, -0.15) is 0 Å². The number of aryl methyl sites for hydroxylation is 1. The fourth-order valence-corrected chi connectivity index (χ4v) is 4.65. The van der Waals surface area contributed by atoms with Gasteiger partial charge in [-0.15, -0.1) is 0 Å². The van der Waals surface area contributed by atoms with Gasteiger partial charge in [-0.25, -0.2) is 5.06 Å². The van der Waals surface area contributed by atoms with Crippen molar-refractivity contribution >= 4 is 14.2 Å². The van der Waals surface area contributed by atoms with Gasteiger partial charge in [0, 0.05) is 13.5 Å². The number of hydroxylamine groups is 2. The molecule has 1 unspecified atom stereocenters. The van der Waals surface area contributed by atoms with Crippen LogP contribution in [0.15, 0.2) is 48.5 Å². The zero-order chi connectivity index (χ0) is 23.9. The maximum atomic E-state index is 12.0. The fourth-order valence-electron chi connectivity index (χ4n) is 3.33. The minimum absolute atomic E-state index is 0.0109. The van der Waals surface area contributed by atoms with Gasteiger partial charge in [0.1, 0.15) is 0 Å². The van der Waals surface area contributed by atoms with E-state index in [1.54, 1.807) is 7.05 Å². The van der Waals surface area contributed by atoms with Crippen LogP contribution < -0.4 is 0 Å². The first kappa shape index (κ1) is 26.3. The topological polar surface area (TPSA) is 38.8 Å². The normalized spacial score (nSPS) is 13.1. The molecule has 0 spiro atoms. The Kier molecular flexibility index (Phi) is 9.25. The molecule has 4 nitrogen and oxygen atoms in total. The number of carbonyl (C=O) groups excluding carboxylic acids is 1. The molecule has 0 aromatic heterocycles. The van der Waals surface area contributed by atoms with E-state index < -0.39 is 8.32 Å². The Labute approximate surface area is 196 Å². The highest BCUT2D eigenvalue weighted by Crippen LogP contribution is 2.41. The molecule has 0 heterocycles. The van der Waals surface area contributed by atoms with Crippen molar-refractivity contribution in [3.05, 3.63) is 59.7 Å². The van der Waals surface area contributed by atoms with Crippen LogP contribution in [-0.4, -0.2) is 33.4 Å². The third-order valence-corrected chi connectivity index (χ3v) is 11.1. The van der Waals surface area contributed by atoms with E-state index in [4.69, 9.17) is 9.26 Å². The van der Waals surface area contributed by atoms with Crippen LogP contribution in [0.2, 0.25) is 18.1 Å². The quantitative estimate of drug-likeness (QED) is 0.214. The molecule has 0 bridgehead atoms. The van der Waals surface area contributed by atoms with E-state index in [1.165, 1.54) is 34.4 Å². The zero-order valence-corrected chi connectivity index (χ0v) is 22.2. The minimum atomic E-state index is -1.94. The lowest BCUT2D eigenvalue weighted by molar-refractivity contribution is -0.168. The SMILES string of the molecule is CON(C)C(=O)CCCCC(O[Si](C)(C)C(C)(C)C)c1ccc(-c2ccc(C)cc2)cc1. The molecular weight excluding hydrogens is 414 g/mol. The van der Waals surface area contributed by atoms with E-state index in [9.17, 15) is 4.79 Å². The van der Waals surface area contributed by atoms with Crippen molar-refractivity contribution in [3.8, 4) is 11.1 Å². The summed E-state index contributed by atoms with van der Waals surface area (Å²) >= 11 is 0. The van der Waals surface area contributed by atoms with Gasteiger partial charge in [0.05, 0.1) is 13.2 Å². The molecule has 2 rings (SSSR count). The summed E-state index contributed by atoms with van der Waals surface area (Å²) in [7, 11) is 1.23. The van der Waals surface area contributed by atoms with Gasteiger partial charge in [-0.1, -0.05) is 81.3 Å². The summed E-state index contributed by atoms with van der Waals surface area (Å²) in [6.07, 6.45) is 3.19. The molecule has 0 aliphatic carbocycles. The molecule has 0 saturated carbocycles. The maximum absolute atomic E-state index is 12.0. The third kappa shape index (κ3) is 7.29. The van der Waals surface area contributed by atoms with Crippen molar-refractivity contribution in [2.45, 2.75) is 77.6 Å². The summed E-state index contributed by atoms with van der Waals surface area (Å²) in [5.74, 6) is 0.0109. The number of unbranched alkanes of at least 4 members (excludes halogenated alkanes) is 1. The number of benzene rings is 2. The van der Waals surface area contributed by atoms with Crippen LogP contribution in [0.25, 0.3) is 11.1 Å². The van der Waals surface area contributed by atoms with E-state index >= 15 is 0 Å². The molecule has 0 aliphatic heterocycles. The first-order chi connectivity index (χ1) is 14.9. The summed E-state index contributed by atoms with van der Waals surface area (Å²) in [6, 6.07) is 17.4. The summed E-state index contributed by atoms with van der Waals surface area (Å²) < 4.78 is 6.84. The molecule has 176 valence electrons. The largest absolute Gasteiger partial charge is 0.410 e. The highest BCUT2D eigenvalue weighted by Gasteiger charge is 2.39. The van der Waals surface area contributed by atoms with Gasteiger partial charge in [0.15, 0.2) is 8.32 Å². The van der Waals surface area contributed by atoms with Crippen molar-refractivity contribution in [1.29, 1.82) is 0 Å². The van der Waals surface area contributed by atoms with Crippen molar-refractivity contribution < 1.29 is 14.1 Å². The predicted octanol–water partition coefficient (Wildman–Crippen LogP) is 7.31. The van der Waals surface area contributed by atoms with Gasteiger partial charge in [0.2, 0.25) is 5.91 Å². The minimum Gasteiger partial charge on any atom is -0.410 e. The highest BCUT2D eigenvalue weighted by molar-refractivity contribution is 6.74. The number of carbonyl (C=O) groups is 1.